The second-order valence-electron chi connectivity index (χ2n) is 6.14. The Hall–Kier alpha value is -3.17. The van der Waals surface area contributed by atoms with Crippen molar-refractivity contribution in [1.82, 2.24) is 5.32 Å². The number of ether oxygens (including phenoxy) is 1. The Morgan fingerprint density at radius 1 is 1.20 bits per heavy atom. The average Bonchev–Trinajstić information content (AvgIpc) is 2.73. The third-order valence-corrected chi connectivity index (χ3v) is 5.04. The highest BCUT2D eigenvalue weighted by Gasteiger charge is 2.15. The van der Waals surface area contributed by atoms with Crippen LogP contribution in [-0.4, -0.2) is 23.6 Å². The molecule has 0 saturated heterocycles. The first-order valence-electron chi connectivity index (χ1n) is 8.92. The van der Waals surface area contributed by atoms with E-state index < -0.39 is 11.7 Å². The molecule has 0 spiro atoms. The molecule has 1 heterocycles. The van der Waals surface area contributed by atoms with Crippen molar-refractivity contribution in [2.75, 3.05) is 17.7 Å². The molecule has 0 aliphatic heterocycles. The number of halogens is 1. The highest BCUT2D eigenvalue weighted by Crippen LogP contribution is 2.32. The van der Waals surface area contributed by atoms with E-state index in [1.165, 1.54) is 17.8 Å². The number of thioether (sulfide) groups is 1. The maximum Gasteiger partial charge on any atom is 0.346 e. The minimum atomic E-state index is -0.629. The summed E-state index contributed by atoms with van der Waals surface area (Å²) in [7, 11) is 0. The van der Waals surface area contributed by atoms with Gasteiger partial charge in [0.2, 0.25) is 0 Å². The Bertz CT molecular complexity index is 1120. The van der Waals surface area contributed by atoms with Crippen molar-refractivity contribution >= 4 is 51.0 Å². The lowest BCUT2D eigenvalue weighted by atomic mass is 10.1. The van der Waals surface area contributed by atoms with Crippen molar-refractivity contribution in [3.8, 4) is 5.95 Å². The van der Waals surface area contributed by atoms with Gasteiger partial charge in [0.25, 0.3) is 5.17 Å². The number of rotatable bonds is 7. The number of carbonyl (C=O) groups excluding carboxylic acids is 1. The van der Waals surface area contributed by atoms with Crippen LogP contribution in [0.1, 0.15) is 5.56 Å². The van der Waals surface area contributed by atoms with E-state index in [1.807, 2.05) is 30.3 Å². The number of hydrogen-bond donors (Lipinski definition) is 4. The number of anilines is 1. The Morgan fingerprint density at radius 3 is 2.70 bits per heavy atom. The maximum atomic E-state index is 12.4. The van der Waals surface area contributed by atoms with E-state index in [0.717, 1.165) is 5.56 Å². The summed E-state index contributed by atoms with van der Waals surface area (Å²) in [5.74, 6) is 0.396. The molecule has 2 amide bonds. The van der Waals surface area contributed by atoms with Gasteiger partial charge in [-0.05, 0) is 29.5 Å². The summed E-state index contributed by atoms with van der Waals surface area (Å²) in [4.78, 5) is 24.5. The molecule has 0 aliphatic rings. The molecule has 0 bridgehead atoms. The monoisotopic (exact) mass is 447 g/mol. The van der Waals surface area contributed by atoms with Gasteiger partial charge in [-0.25, -0.2) is 9.59 Å². The molecular weight excluding hydrogens is 428 g/mol. The van der Waals surface area contributed by atoms with Gasteiger partial charge in [-0.2, -0.15) is 0 Å². The van der Waals surface area contributed by atoms with Crippen molar-refractivity contribution < 1.29 is 19.4 Å². The van der Waals surface area contributed by atoms with Crippen LogP contribution in [0.15, 0.2) is 57.7 Å². The van der Waals surface area contributed by atoms with Crippen LogP contribution in [-0.2, 0) is 6.54 Å². The minimum Gasteiger partial charge on any atom is -0.463 e. The summed E-state index contributed by atoms with van der Waals surface area (Å²) in [6.45, 7) is 0.582. The highest BCUT2D eigenvalue weighted by molar-refractivity contribution is 8.13. The number of urea groups is 1. The van der Waals surface area contributed by atoms with Crippen LogP contribution in [0.3, 0.4) is 0 Å². The Kier molecular flexibility index (Phi) is 7.21. The lowest BCUT2D eigenvalue weighted by Crippen LogP contribution is -2.43. The number of hydrogen-bond acceptors (Lipinski definition) is 5. The predicted octanol–water partition coefficient (Wildman–Crippen LogP) is 1.95. The zero-order valence-electron chi connectivity index (χ0n) is 15.8. The molecule has 3 aromatic rings. The van der Waals surface area contributed by atoms with Crippen LogP contribution >= 0.6 is 23.4 Å². The average molecular weight is 448 g/mol. The summed E-state index contributed by atoms with van der Waals surface area (Å²) < 4.78 is 10.6. The van der Waals surface area contributed by atoms with Gasteiger partial charge >= 0.3 is 17.6 Å². The van der Waals surface area contributed by atoms with Gasteiger partial charge in [-0.3, -0.25) is 11.1 Å². The van der Waals surface area contributed by atoms with E-state index in [0.29, 0.717) is 23.4 Å². The second kappa shape index (κ2) is 10.0. The van der Waals surface area contributed by atoms with E-state index in [2.05, 4.69) is 10.6 Å². The van der Waals surface area contributed by atoms with E-state index in [1.54, 1.807) is 12.1 Å². The number of amidine groups is 1. The molecule has 3 rings (SSSR count). The molecule has 0 aliphatic carbocycles. The van der Waals surface area contributed by atoms with Crippen molar-refractivity contribution in [3.05, 3.63) is 69.5 Å². The third-order valence-electron chi connectivity index (χ3n) is 3.98. The number of benzene rings is 2. The molecule has 156 valence electrons. The summed E-state index contributed by atoms with van der Waals surface area (Å²) in [6, 6.07) is 13.9. The predicted molar refractivity (Wildman–Crippen MR) is 119 cm³/mol. The van der Waals surface area contributed by atoms with Crippen molar-refractivity contribution in [3.63, 3.8) is 0 Å². The fourth-order valence-corrected chi connectivity index (χ4v) is 3.28. The molecule has 6 N–H and O–H groups in total. The van der Waals surface area contributed by atoms with E-state index in [4.69, 9.17) is 31.9 Å². The van der Waals surface area contributed by atoms with Crippen LogP contribution < -0.4 is 32.1 Å². The molecule has 0 unspecified atom stereocenters. The van der Waals surface area contributed by atoms with Crippen LogP contribution in [0.4, 0.5) is 10.5 Å². The van der Waals surface area contributed by atoms with Gasteiger partial charge in [-0.15, -0.1) is 0 Å². The summed E-state index contributed by atoms with van der Waals surface area (Å²) in [6.07, 6.45) is 0. The second-order valence-corrected chi connectivity index (χ2v) is 7.69. The molecule has 1 aromatic heterocycles. The number of carbonyl (C=O) groups is 1. The van der Waals surface area contributed by atoms with Crippen molar-refractivity contribution in [1.29, 1.82) is 0 Å². The van der Waals surface area contributed by atoms with Gasteiger partial charge in [0.1, 0.15) is 11.6 Å². The van der Waals surface area contributed by atoms with Crippen LogP contribution in [0.5, 0.6) is 5.95 Å². The smallest absolute Gasteiger partial charge is 0.346 e. The normalized spacial score (nSPS) is 10.6. The fraction of sp³-hybridized carbons (Fsp3) is 0.150. The molecular formula is C20H20ClN4O4S+. The third kappa shape index (κ3) is 5.68. The van der Waals surface area contributed by atoms with E-state index in [9.17, 15) is 9.59 Å². The van der Waals surface area contributed by atoms with Crippen molar-refractivity contribution in [2.24, 2.45) is 5.73 Å². The van der Waals surface area contributed by atoms with Crippen LogP contribution in [0.2, 0.25) is 5.02 Å². The number of nitrogens with one attached hydrogen (secondary N) is 2. The first-order chi connectivity index (χ1) is 14.4. The van der Waals surface area contributed by atoms with Gasteiger partial charge in [0, 0.05) is 23.4 Å². The van der Waals surface area contributed by atoms with E-state index in [-0.39, 0.29) is 28.1 Å². The van der Waals surface area contributed by atoms with Gasteiger partial charge in [-0.1, -0.05) is 48.0 Å². The van der Waals surface area contributed by atoms with Crippen LogP contribution in [0, 0.1) is 0 Å². The molecule has 0 saturated carbocycles. The van der Waals surface area contributed by atoms with Gasteiger partial charge in [0.15, 0.2) is 0 Å². The van der Waals surface area contributed by atoms with Crippen molar-refractivity contribution in [2.45, 2.75) is 6.54 Å². The maximum absolute atomic E-state index is 12.4. The molecule has 0 atom stereocenters. The SMILES string of the molecule is NC(=[NH2+])SCCOc1oc(=O)c2cc(NC(=O)NCc3ccccc3)ccc2c1Cl. The minimum absolute atomic E-state index is 0.0772. The zero-order chi connectivity index (χ0) is 21.5. The lowest BCUT2D eigenvalue weighted by molar-refractivity contribution is -0.110. The molecule has 2 aromatic carbocycles. The summed E-state index contributed by atoms with van der Waals surface area (Å²) >= 11 is 7.52. The zero-order valence-corrected chi connectivity index (χ0v) is 17.4. The molecule has 0 fully saturated rings. The molecule has 8 nitrogen and oxygen atoms in total. The Morgan fingerprint density at radius 2 is 1.97 bits per heavy atom. The number of fused-ring (bicyclic) bond motifs is 1. The summed E-state index contributed by atoms with van der Waals surface area (Å²) in [5, 5.41) is 11.9. The molecule has 30 heavy (non-hydrogen) atoms. The van der Waals surface area contributed by atoms with Gasteiger partial charge in [0.05, 0.1) is 5.39 Å². The van der Waals surface area contributed by atoms with Crippen LogP contribution in [0.25, 0.3) is 10.8 Å². The topological polar surface area (TPSA) is 132 Å². The number of amides is 2. The largest absolute Gasteiger partial charge is 0.463 e. The molecule has 0 radical (unpaired) electrons. The number of nitrogens with two attached hydrogens (primary N) is 2. The fourth-order valence-electron chi connectivity index (χ4n) is 2.62. The lowest BCUT2D eigenvalue weighted by Gasteiger charge is -2.10. The highest BCUT2D eigenvalue weighted by atomic mass is 35.5. The first kappa shape index (κ1) is 21.5. The quantitative estimate of drug-likeness (QED) is 0.248. The molecule has 10 heteroatoms. The first-order valence-corrected chi connectivity index (χ1v) is 10.3. The summed E-state index contributed by atoms with van der Waals surface area (Å²) in [5.41, 5.74) is 6.13. The standard InChI is InChI=1S/C20H19ClN4O4S/c21-16-14-7-6-13(25-20(27)24-11-12-4-2-1-3-5-12)10-15(14)17(26)29-18(16)28-8-9-30-19(22)23/h1-7,10H,8-9,11H2,(H3,22,23)(H2,24,25,27)/p+1. The Labute approximate surface area is 181 Å². The van der Waals surface area contributed by atoms with E-state index >= 15 is 0 Å². The van der Waals surface area contributed by atoms with Gasteiger partial charge < -0.3 is 19.8 Å². The Balaban J connectivity index is 1.69.